The largest absolute Gasteiger partial charge is 0.387 e. The molecule has 0 saturated carbocycles. The third kappa shape index (κ3) is 4.81. The van der Waals surface area contributed by atoms with Gasteiger partial charge in [0.25, 0.3) is 0 Å². The molecule has 0 saturated heterocycles. The van der Waals surface area contributed by atoms with E-state index in [-0.39, 0.29) is 11.9 Å². The van der Waals surface area contributed by atoms with Gasteiger partial charge in [-0.1, -0.05) is 41.9 Å². The lowest BCUT2D eigenvalue weighted by Crippen LogP contribution is -2.32. The fourth-order valence-corrected chi connectivity index (χ4v) is 2.48. The maximum Gasteiger partial charge on any atom is 0.123 e. The maximum atomic E-state index is 12.8. The molecule has 0 fully saturated rings. The molecule has 0 radical (unpaired) electrons. The molecule has 21 heavy (non-hydrogen) atoms. The molecule has 0 aliphatic carbocycles. The van der Waals surface area contributed by atoms with Crippen LogP contribution in [-0.2, 0) is 6.42 Å². The van der Waals surface area contributed by atoms with E-state index in [1.54, 1.807) is 18.2 Å². The molecule has 0 aromatic heterocycles. The van der Waals surface area contributed by atoms with Crippen LogP contribution in [0.25, 0.3) is 0 Å². The van der Waals surface area contributed by atoms with Crippen LogP contribution >= 0.6 is 11.6 Å². The summed E-state index contributed by atoms with van der Waals surface area (Å²) in [5.74, 6) is -0.228. The summed E-state index contributed by atoms with van der Waals surface area (Å²) in [5.41, 5.74) is 1.78. The quantitative estimate of drug-likeness (QED) is 0.852. The SMILES string of the molecule is CC(Cc1ccc(F)cc1)NCC(O)c1ccccc1Cl. The van der Waals surface area contributed by atoms with Gasteiger partial charge >= 0.3 is 0 Å². The van der Waals surface area contributed by atoms with Gasteiger partial charge in [-0.3, -0.25) is 0 Å². The average Bonchev–Trinajstić information content (AvgIpc) is 2.48. The lowest BCUT2D eigenvalue weighted by atomic mass is 10.1. The molecular formula is C17H19ClFNO. The van der Waals surface area contributed by atoms with E-state index in [1.165, 1.54) is 12.1 Å². The zero-order chi connectivity index (χ0) is 15.2. The molecule has 0 bridgehead atoms. The van der Waals surface area contributed by atoms with Crippen LogP contribution in [-0.4, -0.2) is 17.7 Å². The monoisotopic (exact) mass is 307 g/mol. The van der Waals surface area contributed by atoms with Crippen LogP contribution in [0.4, 0.5) is 4.39 Å². The number of rotatable bonds is 6. The van der Waals surface area contributed by atoms with Crippen LogP contribution in [0.1, 0.15) is 24.2 Å². The van der Waals surface area contributed by atoms with Crippen molar-refractivity contribution in [1.29, 1.82) is 0 Å². The molecule has 0 amide bonds. The number of benzene rings is 2. The highest BCUT2D eigenvalue weighted by Gasteiger charge is 2.12. The van der Waals surface area contributed by atoms with E-state index in [9.17, 15) is 9.50 Å². The van der Waals surface area contributed by atoms with Crippen molar-refractivity contribution in [3.63, 3.8) is 0 Å². The summed E-state index contributed by atoms with van der Waals surface area (Å²) in [6.07, 6.45) is 0.129. The second kappa shape index (κ2) is 7.55. The third-order valence-corrected chi connectivity index (χ3v) is 3.72. The molecule has 2 N–H and O–H groups in total. The van der Waals surface area contributed by atoms with Gasteiger partial charge in [-0.15, -0.1) is 0 Å². The Labute approximate surface area is 129 Å². The molecular weight excluding hydrogens is 289 g/mol. The zero-order valence-electron chi connectivity index (χ0n) is 11.9. The molecule has 2 aromatic rings. The Morgan fingerprint density at radius 3 is 2.48 bits per heavy atom. The van der Waals surface area contributed by atoms with Crippen LogP contribution < -0.4 is 5.32 Å². The van der Waals surface area contributed by atoms with Gasteiger partial charge in [0.15, 0.2) is 0 Å². The Bertz CT molecular complexity index is 573. The van der Waals surface area contributed by atoms with Crippen LogP contribution in [0.15, 0.2) is 48.5 Å². The smallest absolute Gasteiger partial charge is 0.123 e. The number of halogens is 2. The van der Waals surface area contributed by atoms with Crippen molar-refractivity contribution in [2.45, 2.75) is 25.5 Å². The van der Waals surface area contributed by atoms with Gasteiger partial charge in [0.05, 0.1) is 6.10 Å². The highest BCUT2D eigenvalue weighted by Crippen LogP contribution is 2.22. The third-order valence-electron chi connectivity index (χ3n) is 3.38. The second-order valence-corrected chi connectivity index (χ2v) is 5.58. The molecule has 0 aliphatic heterocycles. The molecule has 2 atom stereocenters. The van der Waals surface area contributed by atoms with Gasteiger partial charge in [0.1, 0.15) is 5.82 Å². The van der Waals surface area contributed by atoms with Gasteiger partial charge in [0.2, 0.25) is 0 Å². The van der Waals surface area contributed by atoms with E-state index >= 15 is 0 Å². The highest BCUT2D eigenvalue weighted by molar-refractivity contribution is 6.31. The molecule has 112 valence electrons. The molecule has 2 aromatic carbocycles. The summed E-state index contributed by atoms with van der Waals surface area (Å²) in [7, 11) is 0. The normalized spacial score (nSPS) is 13.9. The Balaban J connectivity index is 1.85. The predicted molar refractivity (Wildman–Crippen MR) is 84.0 cm³/mol. The van der Waals surface area contributed by atoms with Crippen molar-refractivity contribution >= 4 is 11.6 Å². The van der Waals surface area contributed by atoms with E-state index in [1.807, 2.05) is 25.1 Å². The van der Waals surface area contributed by atoms with Crippen LogP contribution in [0.2, 0.25) is 5.02 Å². The number of aliphatic hydroxyl groups is 1. The number of hydrogen-bond donors (Lipinski definition) is 2. The van der Waals surface area contributed by atoms with Crippen molar-refractivity contribution in [1.82, 2.24) is 5.32 Å². The average molecular weight is 308 g/mol. The zero-order valence-corrected chi connectivity index (χ0v) is 12.6. The Kier molecular flexibility index (Phi) is 5.74. The van der Waals surface area contributed by atoms with Crippen LogP contribution in [0, 0.1) is 5.82 Å². The first-order chi connectivity index (χ1) is 10.1. The van der Waals surface area contributed by atoms with Crippen molar-refractivity contribution in [2.75, 3.05) is 6.54 Å². The first-order valence-electron chi connectivity index (χ1n) is 6.96. The molecule has 2 rings (SSSR count). The van der Waals surface area contributed by atoms with E-state index in [4.69, 9.17) is 11.6 Å². The number of nitrogens with one attached hydrogen (secondary N) is 1. The standard InChI is InChI=1S/C17H19ClFNO/c1-12(10-13-6-8-14(19)9-7-13)20-11-17(21)15-4-2-3-5-16(15)18/h2-9,12,17,20-21H,10-11H2,1H3. The Morgan fingerprint density at radius 1 is 1.14 bits per heavy atom. The predicted octanol–water partition coefficient (Wildman–Crippen LogP) is 3.73. The van der Waals surface area contributed by atoms with Crippen molar-refractivity contribution in [2.24, 2.45) is 0 Å². The number of aliphatic hydroxyl groups excluding tert-OH is 1. The summed E-state index contributed by atoms with van der Waals surface area (Å²) < 4.78 is 12.8. The minimum atomic E-state index is -0.644. The molecule has 0 spiro atoms. The fraction of sp³-hybridized carbons (Fsp3) is 0.294. The van der Waals surface area contributed by atoms with Crippen molar-refractivity contribution in [3.05, 3.63) is 70.5 Å². The van der Waals surface area contributed by atoms with Gasteiger partial charge < -0.3 is 10.4 Å². The molecule has 2 unspecified atom stereocenters. The maximum absolute atomic E-state index is 12.8. The Hall–Kier alpha value is -1.42. The fourth-order valence-electron chi connectivity index (χ4n) is 2.21. The lowest BCUT2D eigenvalue weighted by Gasteiger charge is -2.18. The summed E-state index contributed by atoms with van der Waals surface area (Å²) in [5, 5.41) is 14.0. The van der Waals surface area contributed by atoms with E-state index in [2.05, 4.69) is 5.32 Å². The van der Waals surface area contributed by atoms with Gasteiger partial charge in [0, 0.05) is 23.2 Å². The topological polar surface area (TPSA) is 32.3 Å². The van der Waals surface area contributed by atoms with Crippen LogP contribution in [0.3, 0.4) is 0 Å². The van der Waals surface area contributed by atoms with E-state index in [0.29, 0.717) is 11.6 Å². The summed E-state index contributed by atoms with van der Waals surface area (Å²) in [4.78, 5) is 0. The summed E-state index contributed by atoms with van der Waals surface area (Å²) in [6.45, 7) is 2.45. The van der Waals surface area contributed by atoms with E-state index in [0.717, 1.165) is 17.5 Å². The first-order valence-corrected chi connectivity index (χ1v) is 7.34. The lowest BCUT2D eigenvalue weighted by molar-refractivity contribution is 0.170. The number of hydrogen-bond acceptors (Lipinski definition) is 2. The van der Waals surface area contributed by atoms with Gasteiger partial charge in [-0.25, -0.2) is 4.39 Å². The summed E-state index contributed by atoms with van der Waals surface area (Å²) in [6, 6.07) is 13.9. The highest BCUT2D eigenvalue weighted by atomic mass is 35.5. The Morgan fingerprint density at radius 2 is 1.81 bits per heavy atom. The summed E-state index contributed by atoms with van der Waals surface area (Å²) >= 11 is 6.06. The van der Waals surface area contributed by atoms with Crippen molar-refractivity contribution < 1.29 is 9.50 Å². The van der Waals surface area contributed by atoms with Crippen molar-refractivity contribution in [3.8, 4) is 0 Å². The first kappa shape index (κ1) is 16.0. The molecule has 0 heterocycles. The molecule has 0 aliphatic rings. The van der Waals surface area contributed by atoms with Gasteiger partial charge in [-0.2, -0.15) is 0 Å². The molecule has 2 nitrogen and oxygen atoms in total. The molecule has 4 heteroatoms. The minimum absolute atomic E-state index is 0.174. The van der Waals surface area contributed by atoms with Crippen LogP contribution in [0.5, 0.6) is 0 Å². The van der Waals surface area contributed by atoms with E-state index < -0.39 is 6.10 Å². The second-order valence-electron chi connectivity index (χ2n) is 5.18. The minimum Gasteiger partial charge on any atom is -0.387 e. The van der Waals surface area contributed by atoms with Gasteiger partial charge in [-0.05, 0) is 37.1 Å².